The Morgan fingerprint density at radius 2 is 2.06 bits per heavy atom. The van der Waals surface area contributed by atoms with Crippen LogP contribution >= 0.6 is 0 Å². The first kappa shape index (κ1) is 13.5. The monoisotopic (exact) mass is 227 g/mol. The summed E-state index contributed by atoms with van der Waals surface area (Å²) in [6.07, 6.45) is 7.54. The molecule has 0 aromatic carbocycles. The van der Waals surface area contributed by atoms with Crippen LogP contribution in [0.25, 0.3) is 0 Å². The zero-order chi connectivity index (χ0) is 11.8. The average molecular weight is 227 g/mol. The first-order valence-corrected chi connectivity index (χ1v) is 6.68. The van der Waals surface area contributed by atoms with Crippen molar-refractivity contribution in [3.8, 4) is 0 Å². The third kappa shape index (κ3) is 4.52. The summed E-state index contributed by atoms with van der Waals surface area (Å²) in [5, 5.41) is 3.31. The Kier molecular flexibility index (Phi) is 6.46. The van der Waals surface area contributed by atoms with E-state index < -0.39 is 0 Å². The van der Waals surface area contributed by atoms with Gasteiger partial charge in [-0.25, -0.2) is 0 Å². The van der Waals surface area contributed by atoms with Crippen LogP contribution in [0.5, 0.6) is 0 Å². The summed E-state index contributed by atoms with van der Waals surface area (Å²) < 4.78 is 5.02. The highest BCUT2D eigenvalue weighted by atomic mass is 16.5. The Morgan fingerprint density at radius 3 is 2.62 bits per heavy atom. The van der Waals surface area contributed by atoms with E-state index in [-0.39, 0.29) is 12.0 Å². The van der Waals surface area contributed by atoms with Crippen LogP contribution in [0.15, 0.2) is 0 Å². The molecule has 1 aliphatic rings. The van der Waals surface area contributed by atoms with Crippen LogP contribution in [0.2, 0.25) is 0 Å². The fourth-order valence-corrected chi connectivity index (χ4v) is 2.40. The van der Waals surface area contributed by atoms with Crippen molar-refractivity contribution in [1.29, 1.82) is 0 Å². The zero-order valence-electron chi connectivity index (χ0n) is 10.6. The highest BCUT2D eigenvalue weighted by Gasteiger charge is 2.18. The molecule has 0 heterocycles. The minimum Gasteiger partial charge on any atom is -0.465 e. The fraction of sp³-hybridized carbons (Fsp3) is 0.923. The average Bonchev–Trinajstić information content (AvgIpc) is 2.77. The molecule has 3 nitrogen and oxygen atoms in total. The molecular weight excluding hydrogens is 202 g/mol. The third-order valence-corrected chi connectivity index (χ3v) is 3.40. The second-order valence-electron chi connectivity index (χ2n) is 4.61. The molecule has 0 aromatic rings. The molecule has 1 aliphatic carbocycles. The van der Waals surface area contributed by atoms with Crippen molar-refractivity contribution in [3.05, 3.63) is 0 Å². The molecule has 1 rings (SSSR count). The first-order valence-electron chi connectivity index (χ1n) is 6.68. The molecule has 0 saturated heterocycles. The van der Waals surface area contributed by atoms with Gasteiger partial charge in [-0.15, -0.1) is 0 Å². The minimum absolute atomic E-state index is 0.101. The molecule has 1 fully saturated rings. The van der Waals surface area contributed by atoms with E-state index in [1.807, 2.05) is 13.8 Å². The maximum Gasteiger partial charge on any atom is 0.323 e. The lowest BCUT2D eigenvalue weighted by atomic mass is 10.0. The summed E-state index contributed by atoms with van der Waals surface area (Å²) in [6, 6.07) is -0.110. The van der Waals surface area contributed by atoms with Crippen molar-refractivity contribution in [3.63, 3.8) is 0 Å². The number of hydrogen-bond acceptors (Lipinski definition) is 3. The van der Waals surface area contributed by atoms with Gasteiger partial charge in [0.2, 0.25) is 0 Å². The van der Waals surface area contributed by atoms with E-state index in [1.165, 1.54) is 32.1 Å². The molecule has 0 aliphatic heterocycles. The predicted octanol–water partition coefficient (Wildman–Crippen LogP) is 2.50. The van der Waals surface area contributed by atoms with Gasteiger partial charge in [0.15, 0.2) is 0 Å². The summed E-state index contributed by atoms with van der Waals surface area (Å²) in [6.45, 7) is 5.29. The van der Waals surface area contributed by atoms with E-state index in [2.05, 4.69) is 5.32 Å². The Bertz CT molecular complexity index is 200. The standard InChI is InChI=1S/C13H25NO2/c1-3-12(13(15)16-4-2)14-10-9-11-7-5-6-8-11/h11-12,14H,3-10H2,1-2H3. The van der Waals surface area contributed by atoms with E-state index in [4.69, 9.17) is 4.74 Å². The summed E-state index contributed by atoms with van der Waals surface area (Å²) in [4.78, 5) is 11.5. The Hall–Kier alpha value is -0.570. The summed E-state index contributed by atoms with van der Waals surface area (Å²) >= 11 is 0. The van der Waals surface area contributed by atoms with Gasteiger partial charge in [0.25, 0.3) is 0 Å². The molecule has 1 N–H and O–H groups in total. The number of rotatable bonds is 7. The van der Waals surface area contributed by atoms with E-state index >= 15 is 0 Å². The van der Waals surface area contributed by atoms with Crippen LogP contribution in [-0.4, -0.2) is 25.2 Å². The second-order valence-corrected chi connectivity index (χ2v) is 4.61. The fourth-order valence-electron chi connectivity index (χ4n) is 2.40. The number of nitrogens with one attached hydrogen (secondary N) is 1. The van der Waals surface area contributed by atoms with Gasteiger partial charge in [-0.1, -0.05) is 32.6 Å². The van der Waals surface area contributed by atoms with Crippen molar-refractivity contribution in [2.75, 3.05) is 13.2 Å². The van der Waals surface area contributed by atoms with Crippen molar-refractivity contribution in [2.45, 2.75) is 58.4 Å². The van der Waals surface area contributed by atoms with Gasteiger partial charge < -0.3 is 10.1 Å². The lowest BCUT2D eigenvalue weighted by molar-refractivity contribution is -0.145. The molecule has 0 radical (unpaired) electrons. The quantitative estimate of drug-likeness (QED) is 0.679. The van der Waals surface area contributed by atoms with E-state index in [9.17, 15) is 4.79 Å². The largest absolute Gasteiger partial charge is 0.465 e. The van der Waals surface area contributed by atoms with E-state index in [0.29, 0.717) is 6.61 Å². The Balaban J connectivity index is 2.14. The van der Waals surface area contributed by atoms with Crippen LogP contribution in [0.3, 0.4) is 0 Å². The highest BCUT2D eigenvalue weighted by Crippen LogP contribution is 2.26. The second kappa shape index (κ2) is 7.66. The molecule has 3 heteroatoms. The molecule has 0 spiro atoms. The van der Waals surface area contributed by atoms with Crippen LogP contribution in [0.1, 0.15) is 52.4 Å². The van der Waals surface area contributed by atoms with E-state index in [1.54, 1.807) is 0 Å². The topological polar surface area (TPSA) is 38.3 Å². The van der Waals surface area contributed by atoms with Crippen LogP contribution in [0.4, 0.5) is 0 Å². The van der Waals surface area contributed by atoms with Crippen LogP contribution in [-0.2, 0) is 9.53 Å². The number of hydrogen-bond donors (Lipinski definition) is 1. The number of esters is 1. The Morgan fingerprint density at radius 1 is 1.38 bits per heavy atom. The molecule has 1 atom stereocenters. The molecular formula is C13H25NO2. The molecule has 1 unspecified atom stereocenters. The van der Waals surface area contributed by atoms with Crippen molar-refractivity contribution < 1.29 is 9.53 Å². The normalized spacial score (nSPS) is 18.6. The van der Waals surface area contributed by atoms with Crippen LogP contribution < -0.4 is 5.32 Å². The van der Waals surface area contributed by atoms with E-state index in [0.717, 1.165) is 18.9 Å². The molecule has 94 valence electrons. The maximum absolute atomic E-state index is 11.5. The zero-order valence-corrected chi connectivity index (χ0v) is 10.6. The van der Waals surface area contributed by atoms with Gasteiger partial charge in [0, 0.05) is 0 Å². The van der Waals surface area contributed by atoms with Crippen molar-refractivity contribution >= 4 is 5.97 Å². The van der Waals surface area contributed by atoms with Crippen LogP contribution in [0, 0.1) is 5.92 Å². The predicted molar refractivity (Wildman–Crippen MR) is 65.3 cm³/mol. The summed E-state index contributed by atoms with van der Waals surface area (Å²) in [5.74, 6) is 0.781. The molecule has 0 aromatic heterocycles. The van der Waals surface area contributed by atoms with Gasteiger partial charge in [-0.3, -0.25) is 4.79 Å². The molecule has 1 saturated carbocycles. The van der Waals surface area contributed by atoms with Crippen molar-refractivity contribution in [1.82, 2.24) is 5.32 Å². The molecule has 0 amide bonds. The summed E-state index contributed by atoms with van der Waals surface area (Å²) in [5.41, 5.74) is 0. The molecule has 0 bridgehead atoms. The number of carbonyl (C=O) groups excluding carboxylic acids is 1. The number of ether oxygens (including phenoxy) is 1. The highest BCUT2D eigenvalue weighted by molar-refractivity contribution is 5.75. The minimum atomic E-state index is -0.110. The lowest BCUT2D eigenvalue weighted by Crippen LogP contribution is -2.38. The van der Waals surface area contributed by atoms with Gasteiger partial charge in [-0.05, 0) is 32.2 Å². The van der Waals surface area contributed by atoms with Crippen molar-refractivity contribution in [2.24, 2.45) is 5.92 Å². The first-order chi connectivity index (χ1) is 7.77. The summed E-state index contributed by atoms with van der Waals surface area (Å²) in [7, 11) is 0. The van der Waals surface area contributed by atoms with Gasteiger partial charge in [-0.2, -0.15) is 0 Å². The lowest BCUT2D eigenvalue weighted by Gasteiger charge is -2.16. The smallest absolute Gasteiger partial charge is 0.323 e. The third-order valence-electron chi connectivity index (χ3n) is 3.40. The Labute approximate surface area is 98.9 Å². The van der Waals surface area contributed by atoms with Gasteiger partial charge in [0.1, 0.15) is 6.04 Å². The van der Waals surface area contributed by atoms with Gasteiger partial charge >= 0.3 is 5.97 Å². The van der Waals surface area contributed by atoms with Gasteiger partial charge in [0.05, 0.1) is 6.61 Å². The number of carbonyl (C=O) groups is 1. The SMILES string of the molecule is CCOC(=O)C(CC)NCCC1CCCC1. The maximum atomic E-state index is 11.5. The molecule has 16 heavy (non-hydrogen) atoms.